The van der Waals surface area contributed by atoms with Crippen molar-refractivity contribution >= 4 is 45.8 Å². The fourth-order valence-electron chi connectivity index (χ4n) is 5.20. The highest BCUT2D eigenvalue weighted by atomic mass is 35.5. The minimum Gasteiger partial charge on any atom is -0.507 e. The average Bonchev–Trinajstić information content (AvgIpc) is 3.51. The molecule has 2 aliphatic heterocycles. The molecular weight excluding hydrogens is 527 g/mol. The first-order chi connectivity index (χ1) is 18.0. The molecule has 0 unspecified atom stereocenters. The monoisotopic (exact) mass is 545 g/mol. The zero-order valence-electron chi connectivity index (χ0n) is 19.5. The van der Waals surface area contributed by atoms with Crippen molar-refractivity contribution < 1.29 is 27.9 Å². The number of phenols is 1. The molecule has 2 N–H and O–H groups in total. The predicted molar refractivity (Wildman–Crippen MR) is 133 cm³/mol. The number of benzene rings is 1. The molecule has 1 aromatic carbocycles. The van der Waals surface area contributed by atoms with Crippen LogP contribution >= 0.6 is 11.6 Å². The van der Waals surface area contributed by atoms with Gasteiger partial charge in [0, 0.05) is 24.9 Å². The number of phenolic OH excluding ortho intramolecular Hbond substituents is 1. The number of halogens is 4. The average molecular weight is 546 g/mol. The van der Waals surface area contributed by atoms with Crippen molar-refractivity contribution in [2.45, 2.75) is 24.4 Å². The lowest BCUT2D eigenvalue weighted by atomic mass is 10.0. The van der Waals surface area contributed by atoms with Crippen LogP contribution in [0.1, 0.15) is 12.5 Å². The summed E-state index contributed by atoms with van der Waals surface area (Å²) in [6.07, 6.45) is 0.516. The summed E-state index contributed by atoms with van der Waals surface area (Å²) in [5.41, 5.74) is -1.66. The van der Waals surface area contributed by atoms with E-state index < -0.39 is 47.5 Å². The maximum atomic E-state index is 14.7. The number of rotatable bonds is 3. The number of carbonyl (C=O) groups excluding carboxylic acids is 2. The Balaban J connectivity index is 1.62. The highest BCUT2D eigenvalue weighted by Gasteiger charge is 2.60. The van der Waals surface area contributed by atoms with Crippen LogP contribution in [-0.4, -0.2) is 63.0 Å². The standard InChI is InChI=1S/C25H19ClF3N5O4/c1-2-17(36)32-6-7-33-14(10-32)23(37)31-20-21(33)11-8-12(26)19(18-13(27)4-3-5-15(18)35)30-22(11)34(24(20)38)16-9-25(16,28)29/h2-5,8,14,16,35H,1,6-7,9-10H2,(H,31,37)/t14-,16-/m1/s1. The molecule has 3 aliphatic rings. The largest absolute Gasteiger partial charge is 0.507 e. The van der Waals surface area contributed by atoms with Crippen LogP contribution in [-0.2, 0) is 9.59 Å². The Morgan fingerprint density at radius 2 is 2.03 bits per heavy atom. The molecule has 38 heavy (non-hydrogen) atoms. The number of pyridine rings is 2. The molecule has 2 fully saturated rings. The Bertz CT molecular complexity index is 1620. The van der Waals surface area contributed by atoms with Crippen molar-refractivity contribution in [3.8, 4) is 17.0 Å². The smallest absolute Gasteiger partial charge is 0.278 e. The van der Waals surface area contributed by atoms with Gasteiger partial charge in [-0.3, -0.25) is 19.0 Å². The number of carbonyl (C=O) groups is 2. The Hall–Kier alpha value is -4.06. The van der Waals surface area contributed by atoms with E-state index >= 15 is 0 Å². The molecule has 0 radical (unpaired) electrons. The normalized spacial score (nSPS) is 21.5. The Morgan fingerprint density at radius 3 is 2.68 bits per heavy atom. The van der Waals surface area contributed by atoms with Crippen LogP contribution in [0.5, 0.6) is 5.75 Å². The van der Waals surface area contributed by atoms with Gasteiger partial charge in [-0.1, -0.05) is 24.2 Å². The van der Waals surface area contributed by atoms with E-state index in [2.05, 4.69) is 16.9 Å². The lowest BCUT2D eigenvalue weighted by Crippen LogP contribution is -2.61. The Kier molecular flexibility index (Phi) is 5.25. The molecule has 2 aromatic heterocycles. The zero-order chi connectivity index (χ0) is 27.1. The molecule has 13 heteroatoms. The molecule has 1 aliphatic carbocycles. The minimum atomic E-state index is -3.19. The van der Waals surface area contributed by atoms with E-state index in [1.807, 2.05) is 0 Å². The molecule has 1 saturated heterocycles. The summed E-state index contributed by atoms with van der Waals surface area (Å²) in [4.78, 5) is 46.2. The first kappa shape index (κ1) is 24.3. The van der Waals surface area contributed by atoms with Gasteiger partial charge < -0.3 is 20.2 Å². The van der Waals surface area contributed by atoms with Crippen molar-refractivity contribution in [3.63, 3.8) is 0 Å². The van der Waals surface area contributed by atoms with Gasteiger partial charge in [-0.05, 0) is 24.3 Å². The van der Waals surface area contributed by atoms with Gasteiger partial charge in [-0.2, -0.15) is 0 Å². The summed E-state index contributed by atoms with van der Waals surface area (Å²) in [6.45, 7) is 3.83. The van der Waals surface area contributed by atoms with Crippen molar-refractivity contribution in [1.82, 2.24) is 14.5 Å². The van der Waals surface area contributed by atoms with Gasteiger partial charge in [0.05, 0.1) is 28.5 Å². The number of fused-ring (bicyclic) bond motifs is 5. The van der Waals surface area contributed by atoms with Gasteiger partial charge in [-0.25, -0.2) is 18.2 Å². The van der Waals surface area contributed by atoms with Crippen LogP contribution < -0.4 is 15.8 Å². The first-order valence-corrected chi connectivity index (χ1v) is 12.0. The van der Waals surface area contributed by atoms with Crippen molar-refractivity contribution in [2.75, 3.05) is 29.9 Å². The molecule has 3 aromatic rings. The first-order valence-electron chi connectivity index (χ1n) is 11.7. The van der Waals surface area contributed by atoms with Crippen molar-refractivity contribution in [1.29, 1.82) is 0 Å². The highest BCUT2D eigenvalue weighted by molar-refractivity contribution is 6.34. The Labute approximate surface area is 217 Å². The molecule has 1 saturated carbocycles. The topological polar surface area (TPSA) is 108 Å². The molecule has 9 nitrogen and oxygen atoms in total. The lowest BCUT2D eigenvalue weighted by Gasteiger charge is -2.45. The molecule has 2 atom stereocenters. The van der Waals surface area contributed by atoms with E-state index in [4.69, 9.17) is 11.6 Å². The van der Waals surface area contributed by atoms with Gasteiger partial charge in [0.25, 0.3) is 11.5 Å². The number of anilines is 2. The highest BCUT2D eigenvalue weighted by Crippen LogP contribution is 2.54. The van der Waals surface area contributed by atoms with Crippen molar-refractivity contribution in [3.05, 3.63) is 58.1 Å². The molecule has 196 valence electrons. The minimum absolute atomic E-state index is 0.00371. The number of amides is 2. The summed E-state index contributed by atoms with van der Waals surface area (Å²) >= 11 is 6.51. The third-order valence-electron chi connectivity index (χ3n) is 7.15. The van der Waals surface area contributed by atoms with Crippen LogP contribution in [0, 0.1) is 5.82 Å². The van der Waals surface area contributed by atoms with Gasteiger partial charge in [0.15, 0.2) is 0 Å². The van der Waals surface area contributed by atoms with E-state index in [1.54, 1.807) is 4.90 Å². The molecular formula is C25H19ClF3N5O4. The molecule has 0 bridgehead atoms. The lowest BCUT2D eigenvalue weighted by molar-refractivity contribution is -0.128. The van der Waals surface area contributed by atoms with E-state index in [9.17, 15) is 32.7 Å². The van der Waals surface area contributed by atoms with Gasteiger partial charge >= 0.3 is 0 Å². The fourth-order valence-corrected chi connectivity index (χ4v) is 5.45. The fraction of sp³-hybridized carbons (Fsp3) is 0.280. The summed E-state index contributed by atoms with van der Waals surface area (Å²) in [7, 11) is 0. The van der Waals surface area contributed by atoms with Crippen LogP contribution in [0.4, 0.5) is 24.5 Å². The SMILES string of the molecule is C=CC(=O)N1CCN2c3c(c(=O)n([C@@H]4CC4(F)F)c4nc(-c5c(O)cccc5F)c(Cl)cc34)NC(=O)[C@H]2C1. The molecule has 2 amide bonds. The number of aromatic hydroxyl groups is 1. The zero-order valence-corrected chi connectivity index (χ0v) is 20.3. The molecule has 0 spiro atoms. The summed E-state index contributed by atoms with van der Waals surface area (Å²) in [6, 6.07) is 2.52. The quantitative estimate of drug-likeness (QED) is 0.489. The second-order valence-electron chi connectivity index (χ2n) is 9.39. The summed E-state index contributed by atoms with van der Waals surface area (Å²) in [5.74, 6) is -5.45. The van der Waals surface area contributed by atoms with Crippen LogP contribution in [0.15, 0.2) is 41.7 Å². The van der Waals surface area contributed by atoms with E-state index in [-0.39, 0.29) is 64.2 Å². The van der Waals surface area contributed by atoms with E-state index in [0.29, 0.717) is 0 Å². The second kappa shape index (κ2) is 8.22. The van der Waals surface area contributed by atoms with E-state index in [1.165, 1.54) is 23.1 Å². The van der Waals surface area contributed by atoms with Crippen LogP contribution in [0.25, 0.3) is 22.3 Å². The van der Waals surface area contributed by atoms with E-state index in [0.717, 1.165) is 16.7 Å². The van der Waals surface area contributed by atoms with Gasteiger partial charge in [-0.15, -0.1) is 0 Å². The summed E-state index contributed by atoms with van der Waals surface area (Å²) < 4.78 is 44.1. The third-order valence-corrected chi connectivity index (χ3v) is 7.43. The van der Waals surface area contributed by atoms with Crippen LogP contribution in [0.3, 0.4) is 0 Å². The number of nitrogens with one attached hydrogen (secondary N) is 1. The number of aromatic nitrogens is 2. The number of nitrogens with zero attached hydrogens (tertiary/aromatic N) is 4. The Morgan fingerprint density at radius 1 is 1.29 bits per heavy atom. The maximum absolute atomic E-state index is 14.7. The van der Waals surface area contributed by atoms with Gasteiger partial charge in [0.1, 0.15) is 35.0 Å². The number of alkyl halides is 2. The number of hydrogen-bond donors (Lipinski definition) is 2. The molecule has 4 heterocycles. The maximum Gasteiger partial charge on any atom is 0.278 e. The number of piperazine rings is 1. The second-order valence-corrected chi connectivity index (χ2v) is 9.80. The third kappa shape index (κ3) is 3.46. The van der Waals surface area contributed by atoms with Crippen molar-refractivity contribution in [2.24, 2.45) is 0 Å². The number of hydrogen-bond acceptors (Lipinski definition) is 6. The summed E-state index contributed by atoms with van der Waals surface area (Å²) in [5, 5.41) is 12.9. The van der Waals surface area contributed by atoms with Crippen LogP contribution in [0.2, 0.25) is 5.02 Å². The predicted octanol–water partition coefficient (Wildman–Crippen LogP) is 3.30. The van der Waals surface area contributed by atoms with Gasteiger partial charge in [0.2, 0.25) is 11.8 Å². The molecule has 6 rings (SSSR count).